The molecule has 2 N–H and O–H groups in total. The van der Waals surface area contributed by atoms with Gasteiger partial charge in [-0.25, -0.2) is 0 Å². The number of nitrogens with zero attached hydrogens (tertiary/aromatic N) is 1. The lowest BCUT2D eigenvalue weighted by atomic mass is 10.1. The summed E-state index contributed by atoms with van der Waals surface area (Å²) >= 11 is 0. The van der Waals surface area contributed by atoms with Crippen LogP contribution in [0, 0.1) is 12.8 Å². The van der Waals surface area contributed by atoms with Gasteiger partial charge in [0.05, 0.1) is 13.0 Å². The molecule has 2 aromatic carbocycles. The Morgan fingerprint density at radius 3 is 2.79 bits per heavy atom. The normalized spacial score (nSPS) is 16.4. The molecule has 0 saturated carbocycles. The summed E-state index contributed by atoms with van der Waals surface area (Å²) in [6.07, 6.45) is 3.04. The summed E-state index contributed by atoms with van der Waals surface area (Å²) in [6.45, 7) is 3.15. The van der Waals surface area contributed by atoms with E-state index in [1.807, 2.05) is 6.20 Å². The van der Waals surface area contributed by atoms with E-state index >= 15 is 0 Å². The number of nitrogens with one attached hydrogen (secondary N) is 2. The summed E-state index contributed by atoms with van der Waals surface area (Å²) in [4.78, 5) is 30.1. The fourth-order valence-corrected chi connectivity index (χ4v) is 3.84. The molecular formula is C23H25N3O3. The lowest BCUT2D eigenvalue weighted by Gasteiger charge is -2.16. The largest absolute Gasteiger partial charge is 0.497 e. The maximum Gasteiger partial charge on any atom is 0.229 e. The van der Waals surface area contributed by atoms with Crippen LogP contribution in [-0.4, -0.2) is 41.9 Å². The van der Waals surface area contributed by atoms with E-state index in [-0.39, 0.29) is 24.2 Å². The van der Waals surface area contributed by atoms with E-state index in [2.05, 4.69) is 35.4 Å². The molecule has 29 heavy (non-hydrogen) atoms. The van der Waals surface area contributed by atoms with Gasteiger partial charge in [0.15, 0.2) is 0 Å². The number of ether oxygens (including phenoxy) is 1. The predicted molar refractivity (Wildman–Crippen MR) is 113 cm³/mol. The predicted octanol–water partition coefficient (Wildman–Crippen LogP) is 3.51. The third kappa shape index (κ3) is 4.11. The first-order chi connectivity index (χ1) is 14.0. The molecule has 1 aromatic heterocycles. The molecule has 6 nitrogen and oxygen atoms in total. The highest BCUT2D eigenvalue weighted by molar-refractivity contribution is 5.97. The Balaban J connectivity index is 1.35. The fraction of sp³-hybridized carbons (Fsp3) is 0.304. The quantitative estimate of drug-likeness (QED) is 0.675. The maximum atomic E-state index is 12.6. The van der Waals surface area contributed by atoms with E-state index in [1.54, 1.807) is 36.3 Å². The van der Waals surface area contributed by atoms with Crippen molar-refractivity contribution in [3.8, 4) is 5.75 Å². The first kappa shape index (κ1) is 19.1. The second-order valence-corrected chi connectivity index (χ2v) is 7.57. The summed E-state index contributed by atoms with van der Waals surface area (Å²) in [5.74, 6) is 0.331. The third-order valence-electron chi connectivity index (χ3n) is 5.52. The number of methoxy groups -OCH3 is 1. The number of likely N-dealkylation sites (tertiary alicyclic amines) is 1. The van der Waals surface area contributed by atoms with Gasteiger partial charge in [-0.2, -0.15) is 0 Å². The number of hydrogen-bond acceptors (Lipinski definition) is 3. The Bertz CT molecular complexity index is 1040. The summed E-state index contributed by atoms with van der Waals surface area (Å²) < 4.78 is 5.13. The molecule has 0 spiro atoms. The van der Waals surface area contributed by atoms with E-state index in [0.29, 0.717) is 18.8 Å². The molecule has 0 bridgehead atoms. The molecule has 4 rings (SSSR count). The van der Waals surface area contributed by atoms with Gasteiger partial charge in [-0.05, 0) is 55.3 Å². The van der Waals surface area contributed by atoms with Crippen molar-refractivity contribution in [3.05, 3.63) is 59.8 Å². The number of aromatic amines is 1. The van der Waals surface area contributed by atoms with Gasteiger partial charge in [0.2, 0.25) is 11.8 Å². The van der Waals surface area contributed by atoms with Crippen LogP contribution in [0.2, 0.25) is 0 Å². The Labute approximate surface area is 169 Å². The topological polar surface area (TPSA) is 74.4 Å². The van der Waals surface area contributed by atoms with Gasteiger partial charge < -0.3 is 19.9 Å². The summed E-state index contributed by atoms with van der Waals surface area (Å²) in [5.41, 5.74) is 4.22. The lowest BCUT2D eigenvalue weighted by Crippen LogP contribution is -2.30. The van der Waals surface area contributed by atoms with Gasteiger partial charge in [0.25, 0.3) is 0 Å². The summed E-state index contributed by atoms with van der Waals surface area (Å²) in [6, 6.07) is 13.5. The average Bonchev–Trinajstić information content (AvgIpc) is 3.30. The van der Waals surface area contributed by atoms with Gasteiger partial charge in [-0.15, -0.1) is 0 Å². The monoisotopic (exact) mass is 391 g/mol. The van der Waals surface area contributed by atoms with Gasteiger partial charge in [-0.3, -0.25) is 9.59 Å². The number of anilines is 1. The summed E-state index contributed by atoms with van der Waals surface area (Å²) in [5, 5.41) is 4.10. The van der Waals surface area contributed by atoms with Crippen LogP contribution in [-0.2, 0) is 16.0 Å². The number of fused-ring (bicyclic) bond motifs is 1. The van der Waals surface area contributed by atoms with Gasteiger partial charge in [0, 0.05) is 42.3 Å². The standard InChI is InChI=1S/C23H25N3O3/c1-15-3-8-21-20(11-15)16(13-24-21)9-10-26-14-17(12-22(26)27)23(28)25-18-4-6-19(29-2)7-5-18/h3-8,11,13,17,24H,9-10,12,14H2,1-2H3,(H,25,28)/t17-/m0/s1. The van der Waals surface area contributed by atoms with E-state index in [9.17, 15) is 9.59 Å². The molecule has 3 aromatic rings. The SMILES string of the molecule is COc1ccc(NC(=O)[C@H]2CC(=O)N(CCc3c[nH]c4ccc(C)cc34)C2)cc1. The number of H-pyrrole nitrogens is 1. The van der Waals surface area contributed by atoms with E-state index in [1.165, 1.54) is 16.5 Å². The molecule has 1 aliphatic rings. The highest BCUT2D eigenvalue weighted by atomic mass is 16.5. The second kappa shape index (κ2) is 7.99. The Morgan fingerprint density at radius 2 is 2.03 bits per heavy atom. The molecule has 1 aliphatic heterocycles. The Morgan fingerprint density at radius 1 is 1.24 bits per heavy atom. The van der Waals surface area contributed by atoms with Crippen molar-refractivity contribution in [1.82, 2.24) is 9.88 Å². The van der Waals surface area contributed by atoms with Crippen LogP contribution in [0.5, 0.6) is 5.75 Å². The van der Waals surface area contributed by atoms with Crippen LogP contribution in [0.3, 0.4) is 0 Å². The smallest absolute Gasteiger partial charge is 0.229 e. The number of aryl methyl sites for hydroxylation is 1. The van der Waals surface area contributed by atoms with Crippen molar-refractivity contribution in [1.29, 1.82) is 0 Å². The molecule has 0 aliphatic carbocycles. The highest BCUT2D eigenvalue weighted by Gasteiger charge is 2.34. The van der Waals surface area contributed by atoms with Crippen molar-refractivity contribution < 1.29 is 14.3 Å². The molecule has 2 amide bonds. The summed E-state index contributed by atoms with van der Waals surface area (Å²) in [7, 11) is 1.60. The van der Waals surface area contributed by atoms with Crippen molar-refractivity contribution in [2.24, 2.45) is 5.92 Å². The molecule has 150 valence electrons. The zero-order valence-electron chi connectivity index (χ0n) is 16.7. The first-order valence-corrected chi connectivity index (χ1v) is 9.83. The first-order valence-electron chi connectivity index (χ1n) is 9.83. The third-order valence-corrected chi connectivity index (χ3v) is 5.52. The number of hydrogen-bond donors (Lipinski definition) is 2. The van der Waals surface area contributed by atoms with E-state index in [4.69, 9.17) is 4.74 Å². The highest BCUT2D eigenvalue weighted by Crippen LogP contribution is 2.24. The molecule has 1 saturated heterocycles. The fourth-order valence-electron chi connectivity index (χ4n) is 3.84. The molecule has 1 fully saturated rings. The lowest BCUT2D eigenvalue weighted by molar-refractivity contribution is -0.128. The average molecular weight is 391 g/mol. The minimum atomic E-state index is -0.324. The number of rotatable bonds is 6. The zero-order chi connectivity index (χ0) is 20.4. The molecule has 0 unspecified atom stereocenters. The molecule has 6 heteroatoms. The van der Waals surface area contributed by atoms with Crippen LogP contribution in [0.4, 0.5) is 5.69 Å². The van der Waals surface area contributed by atoms with Crippen molar-refractivity contribution in [2.45, 2.75) is 19.8 Å². The number of carbonyl (C=O) groups excluding carboxylic acids is 2. The minimum absolute atomic E-state index is 0.0379. The minimum Gasteiger partial charge on any atom is -0.497 e. The van der Waals surface area contributed by atoms with Gasteiger partial charge in [-0.1, -0.05) is 11.6 Å². The molecule has 1 atom stereocenters. The van der Waals surface area contributed by atoms with Crippen LogP contribution < -0.4 is 10.1 Å². The van der Waals surface area contributed by atoms with Gasteiger partial charge >= 0.3 is 0 Å². The van der Waals surface area contributed by atoms with E-state index < -0.39 is 0 Å². The number of amides is 2. The number of benzene rings is 2. The molecule has 0 radical (unpaired) electrons. The van der Waals surface area contributed by atoms with E-state index in [0.717, 1.165) is 17.7 Å². The van der Waals surface area contributed by atoms with Crippen LogP contribution in [0.1, 0.15) is 17.5 Å². The Hall–Kier alpha value is -3.28. The van der Waals surface area contributed by atoms with Crippen LogP contribution >= 0.6 is 0 Å². The second-order valence-electron chi connectivity index (χ2n) is 7.57. The van der Waals surface area contributed by atoms with Crippen molar-refractivity contribution in [3.63, 3.8) is 0 Å². The van der Waals surface area contributed by atoms with Crippen molar-refractivity contribution in [2.75, 3.05) is 25.5 Å². The van der Waals surface area contributed by atoms with Crippen molar-refractivity contribution >= 4 is 28.4 Å². The number of aromatic nitrogens is 1. The van der Waals surface area contributed by atoms with Gasteiger partial charge in [0.1, 0.15) is 5.75 Å². The Kier molecular flexibility index (Phi) is 5.25. The molecule has 2 heterocycles. The zero-order valence-corrected chi connectivity index (χ0v) is 16.7. The van der Waals surface area contributed by atoms with Crippen LogP contribution in [0.15, 0.2) is 48.7 Å². The molecular weight excluding hydrogens is 366 g/mol. The van der Waals surface area contributed by atoms with Crippen LogP contribution in [0.25, 0.3) is 10.9 Å². The number of carbonyl (C=O) groups is 2. The maximum absolute atomic E-state index is 12.6.